The van der Waals surface area contributed by atoms with Crippen molar-refractivity contribution in [2.75, 3.05) is 5.32 Å². The summed E-state index contributed by atoms with van der Waals surface area (Å²) in [6.07, 6.45) is 3.38. The van der Waals surface area contributed by atoms with Crippen LogP contribution in [0.5, 0.6) is 0 Å². The number of hydrogen-bond acceptors (Lipinski definition) is 5. The van der Waals surface area contributed by atoms with Gasteiger partial charge >= 0.3 is 0 Å². The molecule has 0 saturated carbocycles. The predicted molar refractivity (Wildman–Crippen MR) is 64.5 cm³/mol. The van der Waals surface area contributed by atoms with Crippen molar-refractivity contribution in [3.8, 4) is 0 Å². The molecule has 1 N–H and O–H groups in total. The fourth-order valence-corrected chi connectivity index (χ4v) is 1.76. The largest absolute Gasteiger partial charge is 0.364 e. The molecule has 0 aliphatic carbocycles. The number of fused-ring (bicyclic) bond motifs is 1. The molecule has 0 saturated heterocycles. The summed E-state index contributed by atoms with van der Waals surface area (Å²) >= 11 is 3.38. The number of hydrogen-bond donors (Lipinski definition) is 1. The number of nitrogens with zero attached hydrogens (tertiary/aromatic N) is 4. The zero-order valence-electron chi connectivity index (χ0n) is 8.67. The number of nitrogens with one attached hydrogen (secondary N) is 1. The molecule has 6 nitrogen and oxygen atoms in total. The maximum atomic E-state index is 4.74. The zero-order valence-corrected chi connectivity index (χ0v) is 10.3. The number of rotatable bonds is 3. The third-order valence-electron chi connectivity index (χ3n) is 2.21. The number of anilines is 1. The van der Waals surface area contributed by atoms with E-state index < -0.39 is 0 Å². The van der Waals surface area contributed by atoms with E-state index >= 15 is 0 Å². The van der Waals surface area contributed by atoms with E-state index in [2.05, 4.69) is 36.5 Å². The molecule has 86 valence electrons. The van der Waals surface area contributed by atoms with Crippen LogP contribution >= 0.6 is 15.9 Å². The molecule has 3 rings (SSSR count). The summed E-state index contributed by atoms with van der Waals surface area (Å²) in [7, 11) is 0. The van der Waals surface area contributed by atoms with E-state index in [1.54, 1.807) is 10.6 Å². The second-order valence-corrected chi connectivity index (χ2v) is 4.35. The highest BCUT2D eigenvalue weighted by molar-refractivity contribution is 9.10. The number of halogens is 1. The Morgan fingerprint density at radius 3 is 3.12 bits per heavy atom. The third-order valence-corrected chi connectivity index (χ3v) is 2.68. The highest BCUT2D eigenvalue weighted by Crippen LogP contribution is 2.12. The summed E-state index contributed by atoms with van der Waals surface area (Å²) in [6.45, 7) is 0.536. The van der Waals surface area contributed by atoms with Crippen LogP contribution in [0.25, 0.3) is 5.65 Å². The van der Waals surface area contributed by atoms with E-state index in [1.165, 1.54) is 6.26 Å². The van der Waals surface area contributed by atoms with Crippen LogP contribution in [-0.2, 0) is 6.54 Å². The molecule has 0 amide bonds. The Labute approximate surface area is 105 Å². The molecule has 3 heterocycles. The molecule has 3 aromatic heterocycles. The molecule has 0 radical (unpaired) electrons. The molecule has 0 atom stereocenters. The van der Waals surface area contributed by atoms with Crippen molar-refractivity contribution in [2.24, 2.45) is 0 Å². The van der Waals surface area contributed by atoms with Gasteiger partial charge in [0.1, 0.15) is 12.0 Å². The lowest BCUT2D eigenvalue weighted by Gasteiger charge is -1.95. The van der Waals surface area contributed by atoms with E-state index in [0.29, 0.717) is 12.5 Å². The summed E-state index contributed by atoms with van der Waals surface area (Å²) < 4.78 is 7.40. The Balaban J connectivity index is 1.81. The van der Waals surface area contributed by atoms with Crippen LogP contribution in [0.4, 0.5) is 5.95 Å². The minimum Gasteiger partial charge on any atom is -0.364 e. The molecular weight excluding hydrogens is 286 g/mol. The van der Waals surface area contributed by atoms with E-state index in [0.717, 1.165) is 15.8 Å². The minimum atomic E-state index is 0.536. The van der Waals surface area contributed by atoms with E-state index in [4.69, 9.17) is 4.52 Å². The molecule has 0 aliphatic heterocycles. The van der Waals surface area contributed by atoms with Crippen molar-refractivity contribution >= 4 is 27.5 Å². The fraction of sp³-hybridized carbons (Fsp3) is 0.100. The van der Waals surface area contributed by atoms with Gasteiger partial charge in [-0.25, -0.2) is 4.52 Å². The molecular formula is C10H8BrN5O. The summed E-state index contributed by atoms with van der Waals surface area (Å²) in [6, 6.07) is 5.60. The molecule has 0 fully saturated rings. The second-order valence-electron chi connectivity index (χ2n) is 3.43. The molecule has 3 aromatic rings. The zero-order chi connectivity index (χ0) is 11.7. The average molecular weight is 294 g/mol. The third kappa shape index (κ3) is 2.14. The lowest BCUT2D eigenvalue weighted by atomic mass is 10.4. The Morgan fingerprint density at radius 2 is 2.29 bits per heavy atom. The van der Waals surface area contributed by atoms with Crippen LogP contribution < -0.4 is 5.32 Å². The van der Waals surface area contributed by atoms with Crippen LogP contribution in [0.2, 0.25) is 0 Å². The van der Waals surface area contributed by atoms with Gasteiger partial charge in [-0.1, -0.05) is 5.16 Å². The summed E-state index contributed by atoms with van der Waals surface area (Å²) in [4.78, 5) is 4.31. The van der Waals surface area contributed by atoms with Crippen LogP contribution in [0.3, 0.4) is 0 Å². The quantitative estimate of drug-likeness (QED) is 0.801. The first kappa shape index (κ1) is 10.3. The molecule has 17 heavy (non-hydrogen) atoms. The molecule has 7 heteroatoms. The summed E-state index contributed by atoms with van der Waals surface area (Å²) in [5.41, 5.74) is 1.60. The smallest absolute Gasteiger partial charge is 0.243 e. The lowest BCUT2D eigenvalue weighted by Crippen LogP contribution is -2.01. The highest BCUT2D eigenvalue weighted by atomic mass is 79.9. The number of aromatic nitrogens is 4. The van der Waals surface area contributed by atoms with Gasteiger partial charge in [-0.3, -0.25) is 0 Å². The summed E-state index contributed by atoms with van der Waals surface area (Å²) in [5.74, 6) is 0.561. The molecule has 0 aliphatic rings. The van der Waals surface area contributed by atoms with Gasteiger partial charge in [0.2, 0.25) is 5.95 Å². The van der Waals surface area contributed by atoms with Crippen LogP contribution in [0.1, 0.15) is 5.69 Å². The Morgan fingerprint density at radius 1 is 1.35 bits per heavy atom. The first-order chi connectivity index (χ1) is 8.31. The van der Waals surface area contributed by atoms with Crippen molar-refractivity contribution < 1.29 is 4.52 Å². The maximum Gasteiger partial charge on any atom is 0.243 e. The monoisotopic (exact) mass is 293 g/mol. The van der Waals surface area contributed by atoms with E-state index in [9.17, 15) is 0 Å². The average Bonchev–Trinajstić information content (AvgIpc) is 2.94. The van der Waals surface area contributed by atoms with E-state index in [1.807, 2.05) is 18.3 Å². The van der Waals surface area contributed by atoms with Gasteiger partial charge in [-0.15, -0.1) is 5.10 Å². The van der Waals surface area contributed by atoms with Crippen LogP contribution in [0, 0.1) is 0 Å². The Hall–Kier alpha value is -1.89. The summed E-state index contributed by atoms with van der Waals surface area (Å²) in [5, 5.41) is 11.1. The highest BCUT2D eigenvalue weighted by Gasteiger charge is 2.04. The van der Waals surface area contributed by atoms with Crippen molar-refractivity contribution in [2.45, 2.75) is 6.54 Å². The molecule has 0 bridgehead atoms. The van der Waals surface area contributed by atoms with Gasteiger partial charge < -0.3 is 9.84 Å². The van der Waals surface area contributed by atoms with Gasteiger partial charge in [0.25, 0.3) is 0 Å². The van der Waals surface area contributed by atoms with Crippen molar-refractivity contribution in [1.29, 1.82) is 0 Å². The Kier molecular flexibility index (Phi) is 2.52. The van der Waals surface area contributed by atoms with Crippen molar-refractivity contribution in [1.82, 2.24) is 19.8 Å². The van der Waals surface area contributed by atoms with Gasteiger partial charge in [-0.2, -0.15) is 4.98 Å². The number of pyridine rings is 1. The van der Waals surface area contributed by atoms with Gasteiger partial charge in [0.05, 0.1) is 6.54 Å². The standard InChI is InChI=1S/C10H8BrN5O/c11-7-1-2-9-13-10(14-16(9)6-7)12-5-8-3-4-17-15-8/h1-4,6H,5H2,(H,12,14). The lowest BCUT2D eigenvalue weighted by molar-refractivity contribution is 0.412. The maximum absolute atomic E-state index is 4.74. The minimum absolute atomic E-state index is 0.536. The molecule has 0 spiro atoms. The topological polar surface area (TPSA) is 68.2 Å². The van der Waals surface area contributed by atoms with Crippen LogP contribution in [-0.4, -0.2) is 19.8 Å². The van der Waals surface area contributed by atoms with Gasteiger partial charge in [-0.05, 0) is 28.1 Å². The van der Waals surface area contributed by atoms with Crippen LogP contribution in [0.15, 0.2) is 39.7 Å². The first-order valence-corrected chi connectivity index (χ1v) is 5.75. The normalized spacial score (nSPS) is 10.9. The molecule has 0 unspecified atom stereocenters. The van der Waals surface area contributed by atoms with Crippen molar-refractivity contribution in [3.63, 3.8) is 0 Å². The molecule has 0 aromatic carbocycles. The van der Waals surface area contributed by atoms with E-state index in [-0.39, 0.29) is 0 Å². The van der Waals surface area contributed by atoms with Gasteiger partial charge in [0, 0.05) is 16.7 Å². The predicted octanol–water partition coefficient (Wildman–Crippen LogP) is 2.09. The fourth-order valence-electron chi connectivity index (χ4n) is 1.43. The SMILES string of the molecule is Brc1ccc2nc(NCc3ccon3)nn2c1. The van der Waals surface area contributed by atoms with Gasteiger partial charge in [0.15, 0.2) is 5.65 Å². The van der Waals surface area contributed by atoms with Crippen molar-refractivity contribution in [3.05, 3.63) is 40.8 Å². The first-order valence-electron chi connectivity index (χ1n) is 4.96. The second kappa shape index (κ2) is 4.17. The Bertz CT molecular complexity index is 633.